The minimum absolute atomic E-state index is 0.116. The van der Waals surface area contributed by atoms with E-state index in [4.69, 9.17) is 23.2 Å². The molecule has 2 rings (SSSR count). The van der Waals surface area contributed by atoms with Gasteiger partial charge in [-0.05, 0) is 30.7 Å². The van der Waals surface area contributed by atoms with E-state index in [9.17, 15) is 4.79 Å². The molecular weight excluding hydrogens is 311 g/mol. The van der Waals surface area contributed by atoms with Crippen molar-refractivity contribution in [2.24, 2.45) is 0 Å². The third-order valence-corrected chi connectivity index (χ3v) is 3.19. The topological polar surface area (TPSA) is 66.9 Å². The molecule has 1 amide bonds. The van der Waals surface area contributed by atoms with Crippen molar-refractivity contribution < 1.29 is 4.79 Å². The van der Waals surface area contributed by atoms with E-state index in [1.807, 2.05) is 19.1 Å². The monoisotopic (exact) mass is 324 g/mol. The van der Waals surface area contributed by atoms with E-state index in [1.165, 1.54) is 6.20 Å². The van der Waals surface area contributed by atoms with Gasteiger partial charge in [0.05, 0.1) is 6.20 Å². The summed E-state index contributed by atoms with van der Waals surface area (Å²) in [5.41, 5.74) is 1.74. The van der Waals surface area contributed by atoms with Crippen LogP contribution in [-0.2, 0) is 0 Å². The van der Waals surface area contributed by atoms with Crippen LogP contribution >= 0.6 is 23.2 Å². The number of amides is 1. The standard InChI is InChI=1S/C14H14Cl2N4O/c1-9-2-4-10(5-3-9)13(21)18-7-6-17-12-11(15)8-19-14(16)20-12/h2-5,8H,6-7H2,1H3,(H,18,21)(H,17,19,20). The summed E-state index contributed by atoms with van der Waals surface area (Å²) in [4.78, 5) is 19.6. The van der Waals surface area contributed by atoms with Gasteiger partial charge in [-0.25, -0.2) is 4.98 Å². The molecule has 0 bridgehead atoms. The highest BCUT2D eigenvalue weighted by atomic mass is 35.5. The first-order chi connectivity index (χ1) is 10.1. The van der Waals surface area contributed by atoms with Crippen LogP contribution in [0.4, 0.5) is 5.82 Å². The molecule has 0 saturated carbocycles. The maximum Gasteiger partial charge on any atom is 0.251 e. The maximum atomic E-state index is 11.9. The number of carbonyl (C=O) groups excluding carboxylic acids is 1. The molecule has 0 unspecified atom stereocenters. The van der Waals surface area contributed by atoms with Crippen molar-refractivity contribution in [1.29, 1.82) is 0 Å². The van der Waals surface area contributed by atoms with Crippen LogP contribution in [0.15, 0.2) is 30.5 Å². The van der Waals surface area contributed by atoms with Crippen molar-refractivity contribution in [2.45, 2.75) is 6.92 Å². The fraction of sp³-hybridized carbons (Fsp3) is 0.214. The lowest BCUT2D eigenvalue weighted by molar-refractivity contribution is 0.0955. The lowest BCUT2D eigenvalue weighted by Gasteiger charge is -2.08. The zero-order valence-corrected chi connectivity index (χ0v) is 12.9. The number of halogens is 2. The molecule has 1 aromatic carbocycles. The van der Waals surface area contributed by atoms with Gasteiger partial charge in [0.2, 0.25) is 5.28 Å². The fourth-order valence-corrected chi connectivity index (χ4v) is 1.92. The molecule has 5 nitrogen and oxygen atoms in total. The summed E-state index contributed by atoms with van der Waals surface area (Å²) in [5, 5.41) is 6.28. The largest absolute Gasteiger partial charge is 0.367 e. The van der Waals surface area contributed by atoms with Crippen LogP contribution in [0.25, 0.3) is 0 Å². The summed E-state index contributed by atoms with van der Waals surface area (Å²) in [6, 6.07) is 7.38. The average Bonchev–Trinajstić information content (AvgIpc) is 2.47. The Bertz CT molecular complexity index is 631. The Balaban J connectivity index is 1.80. The molecule has 2 N–H and O–H groups in total. The zero-order valence-electron chi connectivity index (χ0n) is 11.4. The Labute approximate surface area is 132 Å². The Morgan fingerprint density at radius 2 is 1.90 bits per heavy atom. The molecule has 110 valence electrons. The van der Waals surface area contributed by atoms with Crippen molar-refractivity contribution in [3.8, 4) is 0 Å². The Kier molecular flexibility index (Phi) is 5.36. The molecule has 2 aromatic rings. The van der Waals surface area contributed by atoms with E-state index >= 15 is 0 Å². The second-order valence-electron chi connectivity index (χ2n) is 4.38. The summed E-state index contributed by atoms with van der Waals surface area (Å²) in [5.74, 6) is 0.324. The maximum absolute atomic E-state index is 11.9. The number of rotatable bonds is 5. The molecule has 0 aliphatic carbocycles. The molecule has 7 heteroatoms. The number of hydrogen-bond donors (Lipinski definition) is 2. The molecule has 1 heterocycles. The van der Waals surface area contributed by atoms with E-state index in [0.29, 0.717) is 29.5 Å². The van der Waals surface area contributed by atoms with Gasteiger partial charge in [-0.1, -0.05) is 29.3 Å². The number of nitrogens with zero attached hydrogens (tertiary/aromatic N) is 2. The number of hydrogen-bond acceptors (Lipinski definition) is 4. The molecule has 0 spiro atoms. The van der Waals surface area contributed by atoms with Crippen LogP contribution in [-0.4, -0.2) is 29.0 Å². The first kappa shape index (κ1) is 15.5. The highest BCUT2D eigenvalue weighted by Gasteiger charge is 2.05. The number of anilines is 1. The predicted molar refractivity (Wildman–Crippen MR) is 84.1 cm³/mol. The van der Waals surface area contributed by atoms with Gasteiger partial charge in [0.15, 0.2) is 0 Å². The number of aromatic nitrogens is 2. The normalized spacial score (nSPS) is 10.2. The van der Waals surface area contributed by atoms with Crippen LogP contribution in [0.2, 0.25) is 10.3 Å². The summed E-state index contributed by atoms with van der Waals surface area (Å²) in [6.07, 6.45) is 1.42. The van der Waals surface area contributed by atoms with E-state index in [2.05, 4.69) is 20.6 Å². The van der Waals surface area contributed by atoms with Crippen molar-refractivity contribution >= 4 is 34.9 Å². The number of carbonyl (C=O) groups is 1. The molecule has 1 aromatic heterocycles. The van der Waals surface area contributed by atoms with E-state index in [-0.39, 0.29) is 11.2 Å². The smallest absolute Gasteiger partial charge is 0.251 e. The van der Waals surface area contributed by atoms with E-state index in [1.54, 1.807) is 12.1 Å². The van der Waals surface area contributed by atoms with Gasteiger partial charge >= 0.3 is 0 Å². The van der Waals surface area contributed by atoms with Crippen LogP contribution in [0.1, 0.15) is 15.9 Å². The summed E-state index contributed by atoms with van der Waals surface area (Å²) in [7, 11) is 0. The number of aryl methyl sites for hydroxylation is 1. The molecule has 0 radical (unpaired) electrons. The SMILES string of the molecule is Cc1ccc(C(=O)NCCNc2nc(Cl)ncc2Cl)cc1. The molecule has 0 aliphatic rings. The summed E-state index contributed by atoms with van der Waals surface area (Å²) < 4.78 is 0. The van der Waals surface area contributed by atoms with Gasteiger partial charge in [-0.3, -0.25) is 4.79 Å². The fourth-order valence-electron chi connectivity index (χ4n) is 1.63. The minimum Gasteiger partial charge on any atom is -0.367 e. The predicted octanol–water partition coefficient (Wildman–Crippen LogP) is 2.93. The Hall–Kier alpha value is -1.85. The first-order valence-electron chi connectivity index (χ1n) is 6.33. The number of nitrogens with one attached hydrogen (secondary N) is 2. The van der Waals surface area contributed by atoms with Crippen LogP contribution in [0.5, 0.6) is 0 Å². The summed E-state index contributed by atoms with van der Waals surface area (Å²) >= 11 is 11.6. The molecule has 0 atom stereocenters. The van der Waals surface area contributed by atoms with Gasteiger partial charge in [0.25, 0.3) is 5.91 Å². The van der Waals surface area contributed by atoms with Crippen molar-refractivity contribution in [3.05, 3.63) is 51.9 Å². The summed E-state index contributed by atoms with van der Waals surface area (Å²) in [6.45, 7) is 2.89. The first-order valence-corrected chi connectivity index (χ1v) is 7.08. The molecule has 21 heavy (non-hydrogen) atoms. The van der Waals surface area contributed by atoms with Crippen molar-refractivity contribution in [2.75, 3.05) is 18.4 Å². The highest BCUT2D eigenvalue weighted by molar-refractivity contribution is 6.33. The minimum atomic E-state index is -0.122. The molecule has 0 fully saturated rings. The van der Waals surface area contributed by atoms with Gasteiger partial charge < -0.3 is 10.6 Å². The van der Waals surface area contributed by atoms with E-state index < -0.39 is 0 Å². The van der Waals surface area contributed by atoms with Gasteiger partial charge in [0.1, 0.15) is 10.8 Å². The van der Waals surface area contributed by atoms with Gasteiger partial charge in [0, 0.05) is 18.7 Å². The third kappa shape index (κ3) is 4.58. The third-order valence-electron chi connectivity index (χ3n) is 2.73. The Morgan fingerprint density at radius 3 is 2.62 bits per heavy atom. The number of benzene rings is 1. The Morgan fingerprint density at radius 1 is 1.19 bits per heavy atom. The molecular formula is C14H14Cl2N4O. The highest BCUT2D eigenvalue weighted by Crippen LogP contribution is 2.18. The quantitative estimate of drug-likeness (QED) is 0.655. The average molecular weight is 325 g/mol. The second-order valence-corrected chi connectivity index (χ2v) is 5.13. The van der Waals surface area contributed by atoms with Crippen molar-refractivity contribution in [1.82, 2.24) is 15.3 Å². The van der Waals surface area contributed by atoms with Gasteiger partial charge in [-0.2, -0.15) is 4.98 Å². The lowest BCUT2D eigenvalue weighted by Crippen LogP contribution is -2.28. The van der Waals surface area contributed by atoms with Crippen LogP contribution in [0.3, 0.4) is 0 Å². The van der Waals surface area contributed by atoms with Crippen LogP contribution < -0.4 is 10.6 Å². The zero-order chi connectivity index (χ0) is 15.2. The lowest BCUT2D eigenvalue weighted by atomic mass is 10.1. The van der Waals surface area contributed by atoms with Gasteiger partial charge in [-0.15, -0.1) is 0 Å². The molecule has 0 aliphatic heterocycles. The van der Waals surface area contributed by atoms with E-state index in [0.717, 1.165) is 5.56 Å². The van der Waals surface area contributed by atoms with Crippen molar-refractivity contribution in [3.63, 3.8) is 0 Å². The molecule has 0 saturated heterocycles. The second kappa shape index (κ2) is 7.24. The van der Waals surface area contributed by atoms with Crippen LogP contribution in [0, 0.1) is 6.92 Å².